The van der Waals surface area contributed by atoms with Crippen LogP contribution in [0.3, 0.4) is 0 Å². The average molecular weight is 512 g/mol. The normalized spacial score (nSPS) is 10.8. The van der Waals surface area contributed by atoms with Crippen LogP contribution in [0.15, 0.2) is 102 Å². The average Bonchev–Trinajstić information content (AvgIpc) is 3.43. The van der Waals surface area contributed by atoms with E-state index in [9.17, 15) is 4.39 Å². The van der Waals surface area contributed by atoms with Gasteiger partial charge in [-0.25, -0.2) is 9.37 Å². The summed E-state index contributed by atoms with van der Waals surface area (Å²) < 4.78 is 13.2. The second-order valence-corrected chi connectivity index (χ2v) is 10.1. The summed E-state index contributed by atoms with van der Waals surface area (Å²) in [6.45, 7) is 4.22. The van der Waals surface area contributed by atoms with Gasteiger partial charge in [0.1, 0.15) is 11.6 Å². The Hall–Kier alpha value is -3.05. The van der Waals surface area contributed by atoms with Crippen molar-refractivity contribution in [3.63, 3.8) is 0 Å². The summed E-state index contributed by atoms with van der Waals surface area (Å²) >= 11 is 1.92. The van der Waals surface area contributed by atoms with Gasteiger partial charge in [0.2, 0.25) is 0 Å². The van der Waals surface area contributed by atoms with Crippen molar-refractivity contribution in [2.24, 2.45) is 0 Å². The third kappa shape index (κ3) is 10.8. The molecule has 4 aromatic rings. The number of H-pyrrole nitrogens is 1. The van der Waals surface area contributed by atoms with Crippen LogP contribution < -0.4 is 5.46 Å². The molecule has 0 amide bonds. The maximum absolute atomic E-state index is 13.2. The summed E-state index contributed by atoms with van der Waals surface area (Å²) in [5.74, 6) is 1.82. The molecule has 1 radical (unpaired) electrons. The lowest BCUT2D eigenvalue weighted by molar-refractivity contribution is 0.623. The molecule has 4 rings (SSSR count). The second kappa shape index (κ2) is 16.7. The first kappa shape index (κ1) is 28.5. The Morgan fingerprint density at radius 3 is 2.41 bits per heavy atom. The molecule has 37 heavy (non-hydrogen) atoms. The minimum atomic E-state index is -0.170. The molecule has 0 spiro atoms. The Balaban J connectivity index is 0.000000220. The smallest absolute Gasteiger partial charge is 0.153 e. The molecular formula is C32H37BFN2S. The van der Waals surface area contributed by atoms with Gasteiger partial charge in [0.25, 0.3) is 0 Å². The number of rotatable bonds is 12. The molecule has 191 valence electrons. The van der Waals surface area contributed by atoms with Crippen molar-refractivity contribution in [1.29, 1.82) is 0 Å². The molecule has 3 aromatic carbocycles. The van der Waals surface area contributed by atoms with E-state index in [1.54, 1.807) is 24.5 Å². The number of nitrogens with one attached hydrogen (secondary N) is 1. The topological polar surface area (TPSA) is 28.7 Å². The van der Waals surface area contributed by atoms with E-state index in [1.165, 1.54) is 15.9 Å². The first-order chi connectivity index (χ1) is 18.2. The molecule has 0 aliphatic heterocycles. The number of nitrogens with zero attached hydrogens (tertiary/aromatic N) is 1. The van der Waals surface area contributed by atoms with Crippen LogP contribution in [0.25, 0.3) is 0 Å². The number of benzene rings is 3. The molecule has 5 heteroatoms. The van der Waals surface area contributed by atoms with Crippen LogP contribution in [0.5, 0.6) is 0 Å². The van der Waals surface area contributed by atoms with E-state index in [0.29, 0.717) is 6.42 Å². The number of allylic oxidation sites excluding steroid dienone is 2. The fourth-order valence-corrected chi connectivity index (χ4v) is 4.82. The summed E-state index contributed by atoms with van der Waals surface area (Å²) in [7, 11) is 2.36. The molecule has 0 aliphatic rings. The molecule has 0 bridgehead atoms. The van der Waals surface area contributed by atoms with Gasteiger partial charge in [-0.05, 0) is 66.3 Å². The Morgan fingerprint density at radius 1 is 0.892 bits per heavy atom. The van der Waals surface area contributed by atoms with Crippen LogP contribution in [0.1, 0.15) is 49.2 Å². The highest BCUT2D eigenvalue weighted by atomic mass is 32.2. The molecule has 0 atom stereocenters. The number of hydrogen-bond donors (Lipinski definition) is 1. The van der Waals surface area contributed by atoms with Crippen LogP contribution in [-0.4, -0.2) is 23.0 Å². The molecule has 0 unspecified atom stereocenters. The van der Waals surface area contributed by atoms with E-state index < -0.39 is 0 Å². The maximum Gasteiger partial charge on any atom is 0.153 e. The lowest BCUT2D eigenvalue weighted by Gasteiger charge is -2.06. The number of aromatic nitrogens is 2. The van der Waals surface area contributed by atoms with Gasteiger partial charge >= 0.3 is 0 Å². The zero-order chi connectivity index (χ0) is 26.1. The van der Waals surface area contributed by atoms with Crippen LogP contribution in [0.4, 0.5) is 4.39 Å². The Morgan fingerprint density at radius 2 is 1.65 bits per heavy atom. The van der Waals surface area contributed by atoms with Gasteiger partial charge < -0.3 is 4.98 Å². The molecule has 0 aliphatic carbocycles. The van der Waals surface area contributed by atoms with Gasteiger partial charge in [-0.2, -0.15) is 0 Å². The van der Waals surface area contributed by atoms with Crippen molar-refractivity contribution < 1.29 is 4.39 Å². The van der Waals surface area contributed by atoms with E-state index in [2.05, 4.69) is 90.9 Å². The van der Waals surface area contributed by atoms with Crippen molar-refractivity contribution in [1.82, 2.24) is 9.97 Å². The first-order valence-electron chi connectivity index (χ1n) is 13.2. The quantitative estimate of drug-likeness (QED) is 0.0909. The third-order valence-corrected chi connectivity index (χ3v) is 6.85. The highest BCUT2D eigenvalue weighted by Crippen LogP contribution is 2.15. The molecular weight excluding hydrogens is 474 g/mol. The van der Waals surface area contributed by atoms with Gasteiger partial charge in [0.15, 0.2) is 7.28 Å². The highest BCUT2D eigenvalue weighted by Gasteiger charge is 2.03. The van der Waals surface area contributed by atoms with Crippen LogP contribution in [-0.2, 0) is 19.3 Å². The van der Waals surface area contributed by atoms with E-state index in [0.717, 1.165) is 54.7 Å². The highest BCUT2D eigenvalue weighted by molar-refractivity contribution is 7.99. The fraction of sp³-hybridized carbons (Fsp3) is 0.281. The number of thioether (sulfide) groups is 1. The SMILES string of the molecule is CCSc1ccccc1[B]CCC=CCCc1ccccc1.CCc1cc(F)cc(Cc2ncc[nH]2)c1. The fourth-order valence-electron chi connectivity index (χ4n) is 4.01. The minimum absolute atomic E-state index is 0.170. The van der Waals surface area contributed by atoms with Gasteiger partial charge in [0, 0.05) is 23.7 Å². The summed E-state index contributed by atoms with van der Waals surface area (Å²) in [5.41, 5.74) is 4.79. The summed E-state index contributed by atoms with van der Waals surface area (Å²) in [6, 6.07) is 24.5. The van der Waals surface area contributed by atoms with Crippen molar-refractivity contribution in [2.75, 3.05) is 5.75 Å². The number of halogens is 1. The molecule has 1 N–H and O–H groups in total. The van der Waals surface area contributed by atoms with Crippen LogP contribution in [0, 0.1) is 5.82 Å². The molecule has 1 heterocycles. The Kier molecular flexibility index (Phi) is 12.8. The van der Waals surface area contributed by atoms with Crippen molar-refractivity contribution in [3.8, 4) is 0 Å². The predicted octanol–water partition coefficient (Wildman–Crippen LogP) is 7.83. The third-order valence-electron chi connectivity index (χ3n) is 5.88. The molecule has 0 saturated carbocycles. The number of hydrogen-bond acceptors (Lipinski definition) is 2. The van der Waals surface area contributed by atoms with E-state index >= 15 is 0 Å². The van der Waals surface area contributed by atoms with Crippen LogP contribution in [0.2, 0.25) is 6.32 Å². The van der Waals surface area contributed by atoms with Gasteiger partial charge in [-0.1, -0.05) is 92.4 Å². The van der Waals surface area contributed by atoms with Gasteiger partial charge in [-0.15, -0.1) is 11.8 Å². The number of aryl methyl sites for hydroxylation is 2. The molecule has 0 saturated heterocycles. The standard InChI is InChI=1S/C20H24BS.C12H13FN2/c1-2-22-20-16-10-9-15-19(20)21-17-11-4-3-6-12-18-13-7-5-8-14-18;1-2-9-5-10(7-11(13)6-9)8-12-14-3-4-15-12/h3-5,7-10,13-16H,2,6,11-12,17H2,1H3;3-7H,2,8H2,1H3,(H,14,15). The van der Waals surface area contributed by atoms with E-state index in [1.807, 2.05) is 24.8 Å². The zero-order valence-electron chi connectivity index (χ0n) is 22.0. The lowest BCUT2D eigenvalue weighted by atomic mass is 9.66. The predicted molar refractivity (Wildman–Crippen MR) is 159 cm³/mol. The van der Waals surface area contributed by atoms with Crippen molar-refractivity contribution >= 4 is 24.5 Å². The summed E-state index contributed by atoms with van der Waals surface area (Å²) in [4.78, 5) is 8.53. The molecule has 1 aromatic heterocycles. The van der Waals surface area contributed by atoms with Crippen molar-refractivity contribution in [3.05, 3.63) is 126 Å². The molecule has 2 nitrogen and oxygen atoms in total. The largest absolute Gasteiger partial charge is 0.348 e. The second-order valence-electron chi connectivity index (χ2n) is 8.78. The van der Waals surface area contributed by atoms with Gasteiger partial charge in [-0.3, -0.25) is 0 Å². The first-order valence-corrected chi connectivity index (χ1v) is 14.2. The Bertz CT molecular complexity index is 1190. The van der Waals surface area contributed by atoms with Gasteiger partial charge in [0.05, 0.1) is 0 Å². The Labute approximate surface area is 227 Å². The maximum atomic E-state index is 13.2. The van der Waals surface area contributed by atoms with E-state index in [4.69, 9.17) is 0 Å². The zero-order valence-corrected chi connectivity index (χ0v) is 22.8. The lowest BCUT2D eigenvalue weighted by Crippen LogP contribution is -2.15. The number of imidazole rings is 1. The summed E-state index contributed by atoms with van der Waals surface area (Å²) in [6.07, 6.45) is 14.1. The molecule has 0 fully saturated rings. The van der Waals surface area contributed by atoms with E-state index in [-0.39, 0.29) is 5.82 Å². The monoisotopic (exact) mass is 511 g/mol. The van der Waals surface area contributed by atoms with Crippen molar-refractivity contribution in [2.45, 2.75) is 57.2 Å². The van der Waals surface area contributed by atoms with Crippen LogP contribution >= 0.6 is 11.8 Å². The number of aromatic amines is 1. The summed E-state index contributed by atoms with van der Waals surface area (Å²) in [5, 5.41) is 0. The minimum Gasteiger partial charge on any atom is -0.348 e.